The molecule has 2 unspecified atom stereocenters. The number of phenols is 1. The fourth-order valence-electron chi connectivity index (χ4n) is 2.68. The molecule has 2 N–H and O–H groups in total. The second-order valence-electron chi connectivity index (χ2n) is 4.96. The lowest BCUT2D eigenvalue weighted by Crippen LogP contribution is -2.26. The van der Waals surface area contributed by atoms with Crippen molar-refractivity contribution in [2.75, 3.05) is 7.05 Å². The van der Waals surface area contributed by atoms with Crippen LogP contribution in [0.4, 0.5) is 4.39 Å². The monoisotopic (exact) mass is 273 g/mol. The molecule has 1 aliphatic rings. The average molecular weight is 273 g/mol. The van der Waals surface area contributed by atoms with Gasteiger partial charge in [-0.25, -0.2) is 4.39 Å². The SMILES string of the molecule is CNC1CC(c2cc(O)cc(F)c2)Oc2ccccc21. The Morgan fingerprint density at radius 1 is 1.25 bits per heavy atom. The largest absolute Gasteiger partial charge is 0.508 e. The van der Waals surface area contributed by atoms with Gasteiger partial charge in [-0.2, -0.15) is 0 Å². The summed E-state index contributed by atoms with van der Waals surface area (Å²) in [7, 11) is 1.90. The van der Waals surface area contributed by atoms with Crippen molar-refractivity contribution in [1.29, 1.82) is 0 Å². The summed E-state index contributed by atoms with van der Waals surface area (Å²) in [6.45, 7) is 0. The predicted molar refractivity (Wildman–Crippen MR) is 74.3 cm³/mol. The summed E-state index contributed by atoms with van der Waals surface area (Å²) < 4.78 is 19.4. The van der Waals surface area contributed by atoms with E-state index in [1.54, 1.807) is 6.07 Å². The van der Waals surface area contributed by atoms with Crippen molar-refractivity contribution in [3.05, 3.63) is 59.4 Å². The normalized spacial score (nSPS) is 21.1. The Morgan fingerprint density at radius 2 is 2.05 bits per heavy atom. The molecular weight excluding hydrogens is 257 g/mol. The van der Waals surface area contributed by atoms with E-state index in [0.29, 0.717) is 12.0 Å². The fourth-order valence-corrected chi connectivity index (χ4v) is 2.68. The van der Waals surface area contributed by atoms with E-state index in [0.717, 1.165) is 17.4 Å². The summed E-state index contributed by atoms with van der Waals surface area (Å²) in [6, 6.07) is 12.0. The van der Waals surface area contributed by atoms with Crippen molar-refractivity contribution in [2.24, 2.45) is 0 Å². The van der Waals surface area contributed by atoms with Crippen LogP contribution >= 0.6 is 0 Å². The number of nitrogens with one attached hydrogen (secondary N) is 1. The number of halogens is 1. The maximum atomic E-state index is 13.4. The summed E-state index contributed by atoms with van der Waals surface area (Å²) in [6.07, 6.45) is 0.417. The molecule has 0 aliphatic carbocycles. The first-order chi connectivity index (χ1) is 9.67. The van der Waals surface area contributed by atoms with Crippen LogP contribution in [-0.2, 0) is 0 Å². The van der Waals surface area contributed by atoms with E-state index in [1.807, 2.05) is 31.3 Å². The molecule has 1 heterocycles. The minimum absolute atomic E-state index is 0.0801. The fraction of sp³-hybridized carbons (Fsp3) is 0.250. The molecule has 0 saturated carbocycles. The van der Waals surface area contributed by atoms with Gasteiger partial charge in [0.25, 0.3) is 0 Å². The van der Waals surface area contributed by atoms with Gasteiger partial charge in [-0.1, -0.05) is 18.2 Å². The smallest absolute Gasteiger partial charge is 0.127 e. The lowest BCUT2D eigenvalue weighted by molar-refractivity contribution is 0.153. The van der Waals surface area contributed by atoms with E-state index in [2.05, 4.69) is 5.32 Å². The first kappa shape index (κ1) is 12.9. The van der Waals surface area contributed by atoms with Crippen LogP contribution in [-0.4, -0.2) is 12.2 Å². The van der Waals surface area contributed by atoms with Crippen LogP contribution in [0.5, 0.6) is 11.5 Å². The van der Waals surface area contributed by atoms with E-state index in [9.17, 15) is 9.50 Å². The maximum absolute atomic E-state index is 13.4. The molecule has 0 fully saturated rings. The summed E-state index contributed by atoms with van der Waals surface area (Å²) in [5.41, 5.74) is 1.75. The number of phenolic OH excluding ortho intramolecular Hbond substituents is 1. The predicted octanol–water partition coefficient (Wildman–Crippen LogP) is 3.32. The third-order valence-corrected chi connectivity index (χ3v) is 3.64. The Kier molecular flexibility index (Phi) is 3.32. The standard InChI is InChI=1S/C16H16FNO2/c1-18-14-9-16(10-6-11(17)8-12(19)7-10)20-15-5-3-2-4-13(14)15/h2-8,14,16,18-19H,9H2,1H3. The van der Waals surface area contributed by atoms with Crippen molar-refractivity contribution >= 4 is 0 Å². The zero-order valence-electron chi connectivity index (χ0n) is 11.1. The summed E-state index contributed by atoms with van der Waals surface area (Å²) >= 11 is 0. The summed E-state index contributed by atoms with van der Waals surface area (Å²) in [5.74, 6) is 0.263. The molecule has 0 saturated heterocycles. The van der Waals surface area contributed by atoms with E-state index in [1.165, 1.54) is 6.07 Å². The number of hydrogen-bond acceptors (Lipinski definition) is 3. The molecule has 0 spiro atoms. The topological polar surface area (TPSA) is 41.5 Å². The van der Waals surface area contributed by atoms with Crippen LogP contribution in [0.1, 0.15) is 29.7 Å². The lowest BCUT2D eigenvalue weighted by atomic mass is 9.93. The first-order valence-corrected chi connectivity index (χ1v) is 6.59. The molecule has 1 aliphatic heterocycles. The van der Waals surface area contributed by atoms with Gasteiger partial charge in [0.05, 0.1) is 0 Å². The van der Waals surface area contributed by atoms with Crippen LogP contribution in [0.3, 0.4) is 0 Å². The van der Waals surface area contributed by atoms with Gasteiger partial charge < -0.3 is 15.2 Å². The molecular formula is C16H16FNO2. The van der Waals surface area contributed by atoms with Crippen LogP contribution in [0, 0.1) is 5.82 Å². The Morgan fingerprint density at radius 3 is 2.80 bits per heavy atom. The van der Waals surface area contributed by atoms with Crippen molar-refractivity contribution in [3.63, 3.8) is 0 Å². The van der Waals surface area contributed by atoms with Crippen molar-refractivity contribution in [2.45, 2.75) is 18.6 Å². The number of fused-ring (bicyclic) bond motifs is 1. The molecule has 0 radical (unpaired) electrons. The molecule has 0 aromatic heterocycles. The molecule has 2 atom stereocenters. The van der Waals surface area contributed by atoms with Gasteiger partial charge in [-0.15, -0.1) is 0 Å². The van der Waals surface area contributed by atoms with Crippen LogP contribution in [0.15, 0.2) is 42.5 Å². The molecule has 0 bridgehead atoms. The van der Waals surface area contributed by atoms with Gasteiger partial charge >= 0.3 is 0 Å². The number of aromatic hydroxyl groups is 1. The zero-order valence-corrected chi connectivity index (χ0v) is 11.1. The molecule has 3 nitrogen and oxygen atoms in total. The maximum Gasteiger partial charge on any atom is 0.127 e. The average Bonchev–Trinajstić information content (AvgIpc) is 2.45. The van der Waals surface area contributed by atoms with E-state index >= 15 is 0 Å². The van der Waals surface area contributed by atoms with Gasteiger partial charge in [0.1, 0.15) is 23.4 Å². The quantitative estimate of drug-likeness (QED) is 0.882. The van der Waals surface area contributed by atoms with Gasteiger partial charge in [0.15, 0.2) is 0 Å². The third-order valence-electron chi connectivity index (χ3n) is 3.64. The minimum Gasteiger partial charge on any atom is -0.508 e. The van der Waals surface area contributed by atoms with Crippen molar-refractivity contribution in [1.82, 2.24) is 5.32 Å². The molecule has 0 amide bonds. The third kappa shape index (κ3) is 2.34. The van der Waals surface area contributed by atoms with Crippen molar-refractivity contribution < 1.29 is 14.2 Å². The van der Waals surface area contributed by atoms with Gasteiger partial charge in [-0.3, -0.25) is 0 Å². The van der Waals surface area contributed by atoms with E-state index in [4.69, 9.17) is 4.74 Å². The second-order valence-corrected chi connectivity index (χ2v) is 4.96. The first-order valence-electron chi connectivity index (χ1n) is 6.59. The Labute approximate surface area is 117 Å². The number of hydrogen-bond donors (Lipinski definition) is 2. The highest BCUT2D eigenvalue weighted by Crippen LogP contribution is 2.41. The van der Waals surface area contributed by atoms with Crippen LogP contribution in [0.2, 0.25) is 0 Å². The summed E-state index contributed by atoms with van der Waals surface area (Å²) in [5, 5.41) is 12.8. The lowest BCUT2D eigenvalue weighted by Gasteiger charge is -2.32. The van der Waals surface area contributed by atoms with Crippen LogP contribution in [0.25, 0.3) is 0 Å². The summed E-state index contributed by atoms with van der Waals surface area (Å²) in [4.78, 5) is 0. The van der Waals surface area contributed by atoms with Gasteiger partial charge in [0.2, 0.25) is 0 Å². The molecule has 20 heavy (non-hydrogen) atoms. The number of rotatable bonds is 2. The van der Waals surface area contributed by atoms with E-state index < -0.39 is 5.82 Å². The molecule has 3 rings (SSSR count). The van der Waals surface area contributed by atoms with Gasteiger partial charge in [0, 0.05) is 24.1 Å². The number of para-hydroxylation sites is 1. The second kappa shape index (κ2) is 5.13. The zero-order chi connectivity index (χ0) is 14.1. The van der Waals surface area contributed by atoms with Gasteiger partial charge in [-0.05, 0) is 30.8 Å². The highest BCUT2D eigenvalue weighted by Gasteiger charge is 2.28. The minimum atomic E-state index is -0.455. The Bertz CT molecular complexity index is 609. The molecule has 4 heteroatoms. The van der Waals surface area contributed by atoms with Crippen LogP contribution < -0.4 is 10.1 Å². The number of ether oxygens (including phenoxy) is 1. The highest BCUT2D eigenvalue weighted by atomic mass is 19.1. The highest BCUT2D eigenvalue weighted by molar-refractivity contribution is 5.40. The molecule has 2 aromatic rings. The Hall–Kier alpha value is -2.07. The number of benzene rings is 2. The van der Waals surface area contributed by atoms with E-state index in [-0.39, 0.29) is 17.9 Å². The Balaban J connectivity index is 1.97. The van der Waals surface area contributed by atoms with Crippen molar-refractivity contribution in [3.8, 4) is 11.5 Å². The molecule has 2 aromatic carbocycles. The molecule has 104 valence electrons.